The van der Waals surface area contributed by atoms with Gasteiger partial charge in [0, 0.05) is 19.0 Å². The first-order chi connectivity index (χ1) is 11.4. The van der Waals surface area contributed by atoms with Crippen LogP contribution in [0.1, 0.15) is 18.4 Å². The van der Waals surface area contributed by atoms with Gasteiger partial charge in [-0.25, -0.2) is 9.18 Å². The Morgan fingerprint density at radius 3 is 2.75 bits per heavy atom. The molecule has 0 atom stereocenters. The zero-order chi connectivity index (χ0) is 17.9. The van der Waals surface area contributed by atoms with E-state index in [1.807, 2.05) is 0 Å². The Balaban J connectivity index is 2.27. The van der Waals surface area contributed by atoms with E-state index >= 15 is 0 Å². The van der Waals surface area contributed by atoms with E-state index in [1.165, 1.54) is 31.4 Å². The molecular weight excluding hydrogens is 341 g/mol. The summed E-state index contributed by atoms with van der Waals surface area (Å²) in [6.45, 7) is -0.166. The van der Waals surface area contributed by atoms with Gasteiger partial charge in [0.15, 0.2) is 6.61 Å². The number of halogens is 2. The van der Waals surface area contributed by atoms with E-state index in [2.05, 4.69) is 10.1 Å². The van der Waals surface area contributed by atoms with Gasteiger partial charge in [0.25, 0.3) is 5.91 Å². The summed E-state index contributed by atoms with van der Waals surface area (Å²) in [4.78, 5) is 33.8. The summed E-state index contributed by atoms with van der Waals surface area (Å²) in [5.41, 5.74) is 0.519. The van der Waals surface area contributed by atoms with Crippen LogP contribution in [0.5, 0.6) is 0 Å². The highest BCUT2D eigenvalue weighted by atomic mass is 35.5. The second kappa shape index (κ2) is 10.4. The molecule has 1 amide bonds. The molecule has 1 aromatic carbocycles. The molecule has 0 spiro atoms. The van der Waals surface area contributed by atoms with Gasteiger partial charge in [0.1, 0.15) is 5.82 Å². The van der Waals surface area contributed by atoms with E-state index in [-0.39, 0.29) is 24.0 Å². The zero-order valence-electron chi connectivity index (χ0n) is 13.0. The van der Waals surface area contributed by atoms with Gasteiger partial charge >= 0.3 is 11.9 Å². The zero-order valence-corrected chi connectivity index (χ0v) is 13.8. The number of carbonyl (C=O) groups excluding carboxylic acids is 3. The monoisotopic (exact) mass is 357 g/mol. The van der Waals surface area contributed by atoms with Crippen molar-refractivity contribution in [1.29, 1.82) is 0 Å². The number of rotatable bonds is 8. The molecule has 0 saturated heterocycles. The molecule has 130 valence electrons. The van der Waals surface area contributed by atoms with Crippen LogP contribution in [0.3, 0.4) is 0 Å². The minimum absolute atomic E-state index is 0.0585. The molecule has 0 aliphatic heterocycles. The van der Waals surface area contributed by atoms with Crippen molar-refractivity contribution < 1.29 is 28.2 Å². The fourth-order valence-corrected chi connectivity index (χ4v) is 1.77. The maximum Gasteiger partial charge on any atom is 0.331 e. The van der Waals surface area contributed by atoms with Crippen LogP contribution in [0.2, 0.25) is 5.02 Å². The van der Waals surface area contributed by atoms with Gasteiger partial charge in [-0.3, -0.25) is 9.59 Å². The normalized spacial score (nSPS) is 10.5. The predicted molar refractivity (Wildman–Crippen MR) is 85.7 cm³/mol. The van der Waals surface area contributed by atoms with Gasteiger partial charge in [0.05, 0.1) is 12.1 Å². The van der Waals surface area contributed by atoms with E-state index in [4.69, 9.17) is 16.3 Å². The number of nitrogens with one attached hydrogen (secondary N) is 1. The Morgan fingerprint density at radius 2 is 2.08 bits per heavy atom. The predicted octanol–water partition coefficient (Wildman–Crippen LogP) is 2.10. The van der Waals surface area contributed by atoms with Crippen molar-refractivity contribution in [2.75, 3.05) is 20.3 Å². The fourth-order valence-electron chi connectivity index (χ4n) is 1.58. The average Bonchev–Trinajstić information content (AvgIpc) is 2.57. The lowest BCUT2D eigenvalue weighted by Crippen LogP contribution is -2.29. The van der Waals surface area contributed by atoms with E-state index in [0.29, 0.717) is 12.0 Å². The molecule has 0 heterocycles. The molecule has 0 bridgehead atoms. The van der Waals surface area contributed by atoms with E-state index in [1.54, 1.807) is 0 Å². The number of carbonyl (C=O) groups is 3. The van der Waals surface area contributed by atoms with Gasteiger partial charge < -0.3 is 14.8 Å². The summed E-state index contributed by atoms with van der Waals surface area (Å²) < 4.78 is 22.2. The van der Waals surface area contributed by atoms with Crippen molar-refractivity contribution in [3.63, 3.8) is 0 Å². The summed E-state index contributed by atoms with van der Waals surface area (Å²) in [5.74, 6) is -2.12. The quantitative estimate of drug-likeness (QED) is 0.438. The van der Waals surface area contributed by atoms with Gasteiger partial charge in [-0.2, -0.15) is 0 Å². The molecule has 6 nitrogen and oxygen atoms in total. The summed E-state index contributed by atoms with van der Waals surface area (Å²) in [7, 11) is 1.29. The largest absolute Gasteiger partial charge is 0.469 e. The molecule has 0 radical (unpaired) electrons. The lowest BCUT2D eigenvalue weighted by Gasteiger charge is -2.05. The average molecular weight is 358 g/mol. The molecule has 24 heavy (non-hydrogen) atoms. The Kier molecular flexibility index (Phi) is 8.49. The maximum atomic E-state index is 13.0. The molecule has 1 aromatic rings. The smallest absolute Gasteiger partial charge is 0.331 e. The van der Waals surface area contributed by atoms with Gasteiger partial charge in [-0.1, -0.05) is 17.7 Å². The summed E-state index contributed by atoms with van der Waals surface area (Å²) >= 11 is 5.61. The minimum atomic E-state index is -0.722. The van der Waals surface area contributed by atoms with Crippen LogP contribution in [-0.2, 0) is 23.9 Å². The molecule has 8 heteroatoms. The van der Waals surface area contributed by atoms with Crippen LogP contribution in [0, 0.1) is 5.82 Å². The molecular formula is C16H17ClFNO5. The number of methoxy groups -OCH3 is 1. The van der Waals surface area contributed by atoms with Crippen molar-refractivity contribution >= 4 is 35.5 Å². The first-order valence-electron chi connectivity index (χ1n) is 7.05. The van der Waals surface area contributed by atoms with E-state index in [0.717, 1.165) is 6.08 Å². The topological polar surface area (TPSA) is 81.7 Å². The molecule has 0 fully saturated rings. The molecule has 1 N–H and O–H groups in total. The SMILES string of the molecule is COC(=O)CCCNC(=O)COC(=O)/C=C/c1ccc(F)c(Cl)c1. The third kappa shape index (κ3) is 7.73. The standard InChI is InChI=1S/C16H17ClFNO5/c1-23-15(21)3-2-8-19-14(20)10-24-16(22)7-5-11-4-6-13(18)12(17)9-11/h4-7,9H,2-3,8,10H2,1H3,(H,19,20)/b7-5+. The highest BCUT2D eigenvalue weighted by molar-refractivity contribution is 6.30. The summed E-state index contributed by atoms with van der Waals surface area (Å²) in [6, 6.07) is 3.98. The van der Waals surface area contributed by atoms with Crippen LogP contribution in [0.25, 0.3) is 6.08 Å². The number of hydrogen-bond acceptors (Lipinski definition) is 5. The lowest BCUT2D eigenvalue weighted by molar-refractivity contribution is -0.143. The lowest BCUT2D eigenvalue weighted by atomic mass is 10.2. The third-order valence-corrected chi connectivity index (χ3v) is 3.10. The van der Waals surface area contributed by atoms with E-state index < -0.39 is 24.3 Å². The Bertz CT molecular complexity index is 633. The number of ether oxygens (including phenoxy) is 2. The van der Waals surface area contributed by atoms with Crippen molar-refractivity contribution in [2.45, 2.75) is 12.8 Å². The van der Waals surface area contributed by atoms with Gasteiger partial charge in [0.2, 0.25) is 0 Å². The fraction of sp³-hybridized carbons (Fsp3) is 0.312. The molecule has 1 rings (SSSR count). The van der Waals surface area contributed by atoms with Crippen LogP contribution in [-0.4, -0.2) is 38.1 Å². The number of esters is 2. The van der Waals surface area contributed by atoms with Crippen molar-refractivity contribution in [1.82, 2.24) is 5.32 Å². The second-order valence-electron chi connectivity index (χ2n) is 4.64. The molecule has 0 aromatic heterocycles. The first-order valence-corrected chi connectivity index (χ1v) is 7.43. The molecule has 0 aliphatic carbocycles. The Hall–Kier alpha value is -2.41. The summed E-state index contributed by atoms with van der Waals surface area (Å²) in [6.07, 6.45) is 3.12. The minimum Gasteiger partial charge on any atom is -0.469 e. The van der Waals surface area contributed by atoms with Crippen LogP contribution < -0.4 is 5.32 Å². The first kappa shape index (κ1) is 19.6. The van der Waals surface area contributed by atoms with Crippen LogP contribution in [0.4, 0.5) is 4.39 Å². The Labute approximate surface area is 143 Å². The Morgan fingerprint density at radius 1 is 1.33 bits per heavy atom. The van der Waals surface area contributed by atoms with Crippen molar-refractivity contribution in [3.05, 3.63) is 40.7 Å². The van der Waals surface area contributed by atoms with E-state index in [9.17, 15) is 18.8 Å². The van der Waals surface area contributed by atoms with Crippen molar-refractivity contribution in [2.24, 2.45) is 0 Å². The maximum absolute atomic E-state index is 13.0. The molecule has 0 aliphatic rings. The van der Waals surface area contributed by atoms with Crippen LogP contribution >= 0.6 is 11.6 Å². The summed E-state index contributed by atoms with van der Waals surface area (Å²) in [5, 5.41) is 2.44. The highest BCUT2D eigenvalue weighted by Gasteiger charge is 2.06. The molecule has 0 saturated carbocycles. The third-order valence-electron chi connectivity index (χ3n) is 2.81. The highest BCUT2D eigenvalue weighted by Crippen LogP contribution is 2.16. The van der Waals surface area contributed by atoms with Crippen molar-refractivity contribution in [3.8, 4) is 0 Å². The number of hydrogen-bond donors (Lipinski definition) is 1. The number of amides is 1. The van der Waals surface area contributed by atoms with Gasteiger partial charge in [-0.05, 0) is 30.2 Å². The van der Waals surface area contributed by atoms with Crippen LogP contribution in [0.15, 0.2) is 24.3 Å². The van der Waals surface area contributed by atoms with Gasteiger partial charge in [-0.15, -0.1) is 0 Å². The number of benzene rings is 1. The molecule has 0 unspecified atom stereocenters. The second-order valence-corrected chi connectivity index (χ2v) is 5.05.